The lowest BCUT2D eigenvalue weighted by Gasteiger charge is -2.30. The Morgan fingerprint density at radius 3 is 2.38 bits per heavy atom. The summed E-state index contributed by atoms with van der Waals surface area (Å²) in [4.78, 5) is 23.1. The molecule has 1 saturated carbocycles. The van der Waals surface area contributed by atoms with Crippen LogP contribution < -0.4 is 10.6 Å². The van der Waals surface area contributed by atoms with Crippen molar-refractivity contribution in [1.82, 2.24) is 10.6 Å². The molecule has 0 saturated heterocycles. The van der Waals surface area contributed by atoms with Crippen LogP contribution in [0.5, 0.6) is 0 Å². The molecule has 1 aliphatic rings. The molecule has 0 heterocycles. The number of carbonyl (C=O) groups is 2. The van der Waals surface area contributed by atoms with Crippen LogP contribution in [0.2, 0.25) is 0 Å². The number of hydrogen-bond acceptors (Lipinski definition) is 2. The van der Waals surface area contributed by atoms with Gasteiger partial charge in [-0.1, -0.05) is 41.0 Å². The van der Waals surface area contributed by atoms with Crippen LogP contribution in [0.3, 0.4) is 0 Å². The van der Waals surface area contributed by atoms with E-state index in [1.54, 1.807) is 0 Å². The Balaban J connectivity index is 2.57. The molecule has 0 aromatic rings. The van der Waals surface area contributed by atoms with Gasteiger partial charge in [-0.3, -0.25) is 4.79 Å². The quantitative estimate of drug-likeness (QED) is 0.729. The number of amides is 2. The zero-order valence-corrected chi connectivity index (χ0v) is 14.0. The Bertz CT molecular complexity index is 385. The molecule has 0 spiro atoms. The number of carbonyl (C=O) groups excluding carboxylic acids is 1. The monoisotopic (exact) mass is 298 g/mol. The molecular weight excluding hydrogens is 268 g/mol. The number of carboxylic acid groups (broad SMARTS) is 1. The number of hydrogen-bond donors (Lipinski definition) is 3. The molecule has 2 unspecified atom stereocenters. The summed E-state index contributed by atoms with van der Waals surface area (Å²) < 4.78 is 0. The molecule has 5 nitrogen and oxygen atoms in total. The topological polar surface area (TPSA) is 78.4 Å². The number of carboxylic acids is 1. The molecule has 0 radical (unpaired) electrons. The molecule has 1 fully saturated rings. The molecule has 122 valence electrons. The summed E-state index contributed by atoms with van der Waals surface area (Å²) in [5, 5.41) is 14.8. The standard InChI is InChI=1S/C16H30N2O3/c1-15(2,3)10-11(9-13(19)20)17-14(21)18-12-7-6-8-16(12,4)5/h11-12H,6-10H2,1-5H3,(H,19,20)(H2,17,18,21). The summed E-state index contributed by atoms with van der Waals surface area (Å²) in [7, 11) is 0. The lowest BCUT2D eigenvalue weighted by atomic mass is 9.86. The summed E-state index contributed by atoms with van der Waals surface area (Å²) in [5.41, 5.74) is 0.0870. The van der Waals surface area contributed by atoms with Crippen LogP contribution in [-0.2, 0) is 4.79 Å². The number of urea groups is 1. The van der Waals surface area contributed by atoms with Crippen molar-refractivity contribution in [3.05, 3.63) is 0 Å². The zero-order valence-electron chi connectivity index (χ0n) is 14.0. The zero-order chi connectivity index (χ0) is 16.3. The minimum Gasteiger partial charge on any atom is -0.481 e. The van der Waals surface area contributed by atoms with E-state index in [4.69, 9.17) is 5.11 Å². The number of rotatable bonds is 5. The Morgan fingerprint density at radius 2 is 1.95 bits per heavy atom. The van der Waals surface area contributed by atoms with Gasteiger partial charge < -0.3 is 15.7 Å². The Hall–Kier alpha value is -1.26. The van der Waals surface area contributed by atoms with Gasteiger partial charge in [0.1, 0.15) is 0 Å². The molecule has 5 heteroatoms. The van der Waals surface area contributed by atoms with E-state index in [1.165, 1.54) is 0 Å². The SMILES string of the molecule is CC(C)(C)CC(CC(=O)O)NC(=O)NC1CCCC1(C)C. The fourth-order valence-corrected chi connectivity index (χ4v) is 3.10. The van der Waals surface area contributed by atoms with Crippen LogP contribution >= 0.6 is 0 Å². The van der Waals surface area contributed by atoms with Crippen molar-refractivity contribution in [1.29, 1.82) is 0 Å². The molecule has 0 aliphatic heterocycles. The molecule has 0 aromatic heterocycles. The molecule has 1 rings (SSSR count). The second-order valence-electron chi connectivity index (χ2n) is 8.11. The highest BCUT2D eigenvalue weighted by molar-refractivity contribution is 5.76. The maximum absolute atomic E-state index is 12.1. The second kappa shape index (κ2) is 6.67. The van der Waals surface area contributed by atoms with E-state index in [0.717, 1.165) is 19.3 Å². The first-order valence-electron chi connectivity index (χ1n) is 7.78. The van der Waals surface area contributed by atoms with Crippen molar-refractivity contribution in [3.63, 3.8) is 0 Å². The number of nitrogens with one attached hydrogen (secondary N) is 2. The lowest BCUT2D eigenvalue weighted by Crippen LogP contribution is -2.50. The Kier molecular flexibility index (Phi) is 5.65. The smallest absolute Gasteiger partial charge is 0.315 e. The van der Waals surface area contributed by atoms with Crippen molar-refractivity contribution in [3.8, 4) is 0 Å². The highest BCUT2D eigenvalue weighted by atomic mass is 16.4. The summed E-state index contributed by atoms with van der Waals surface area (Å²) in [6.07, 6.45) is 3.82. The third-order valence-electron chi connectivity index (χ3n) is 4.18. The summed E-state index contributed by atoms with van der Waals surface area (Å²) >= 11 is 0. The Morgan fingerprint density at radius 1 is 1.33 bits per heavy atom. The predicted molar refractivity (Wildman–Crippen MR) is 83.2 cm³/mol. The summed E-state index contributed by atoms with van der Waals surface area (Å²) in [5.74, 6) is -0.884. The van der Waals surface area contributed by atoms with E-state index in [2.05, 4.69) is 24.5 Å². The van der Waals surface area contributed by atoms with Crippen molar-refractivity contribution in [2.24, 2.45) is 10.8 Å². The summed E-state index contributed by atoms with van der Waals surface area (Å²) in [6.45, 7) is 10.5. The molecular formula is C16H30N2O3. The van der Waals surface area contributed by atoms with Gasteiger partial charge >= 0.3 is 12.0 Å². The minimum absolute atomic E-state index is 0.0278. The average molecular weight is 298 g/mol. The average Bonchev–Trinajstić information content (AvgIpc) is 2.54. The van der Waals surface area contributed by atoms with Crippen LogP contribution in [0, 0.1) is 10.8 Å². The van der Waals surface area contributed by atoms with E-state index in [0.29, 0.717) is 6.42 Å². The highest BCUT2D eigenvalue weighted by Gasteiger charge is 2.35. The van der Waals surface area contributed by atoms with Crippen LogP contribution in [0.1, 0.15) is 66.7 Å². The largest absolute Gasteiger partial charge is 0.481 e. The van der Waals surface area contributed by atoms with Crippen LogP contribution in [0.4, 0.5) is 4.79 Å². The fraction of sp³-hybridized carbons (Fsp3) is 0.875. The molecule has 0 aromatic carbocycles. The first-order chi connectivity index (χ1) is 9.49. The van der Waals surface area contributed by atoms with Crippen molar-refractivity contribution < 1.29 is 14.7 Å². The van der Waals surface area contributed by atoms with Gasteiger partial charge in [0.15, 0.2) is 0 Å². The van der Waals surface area contributed by atoms with Gasteiger partial charge in [-0.15, -0.1) is 0 Å². The van der Waals surface area contributed by atoms with Gasteiger partial charge in [0, 0.05) is 12.1 Å². The van der Waals surface area contributed by atoms with E-state index < -0.39 is 5.97 Å². The molecule has 21 heavy (non-hydrogen) atoms. The van der Waals surface area contributed by atoms with Crippen LogP contribution in [-0.4, -0.2) is 29.2 Å². The van der Waals surface area contributed by atoms with E-state index in [1.807, 2.05) is 20.8 Å². The van der Waals surface area contributed by atoms with Gasteiger partial charge in [0.05, 0.1) is 6.42 Å². The Labute approximate surface area is 127 Å². The third-order valence-corrected chi connectivity index (χ3v) is 4.18. The van der Waals surface area contributed by atoms with Crippen LogP contribution in [0.15, 0.2) is 0 Å². The third kappa shape index (κ3) is 6.36. The fourth-order valence-electron chi connectivity index (χ4n) is 3.10. The second-order valence-corrected chi connectivity index (χ2v) is 8.11. The summed E-state index contributed by atoms with van der Waals surface area (Å²) in [6, 6.07) is -0.421. The maximum Gasteiger partial charge on any atom is 0.315 e. The van der Waals surface area contributed by atoms with Gasteiger partial charge in [-0.05, 0) is 30.1 Å². The predicted octanol–water partition coefficient (Wildman–Crippen LogP) is 3.14. The van der Waals surface area contributed by atoms with Crippen molar-refractivity contribution in [2.75, 3.05) is 0 Å². The van der Waals surface area contributed by atoms with Crippen LogP contribution in [0.25, 0.3) is 0 Å². The molecule has 2 atom stereocenters. The van der Waals surface area contributed by atoms with E-state index in [-0.39, 0.29) is 35.4 Å². The van der Waals surface area contributed by atoms with Gasteiger partial charge in [0.2, 0.25) is 0 Å². The minimum atomic E-state index is -0.884. The van der Waals surface area contributed by atoms with Crippen molar-refractivity contribution >= 4 is 12.0 Å². The number of aliphatic carboxylic acids is 1. The van der Waals surface area contributed by atoms with Crippen molar-refractivity contribution in [2.45, 2.75) is 78.8 Å². The molecule has 0 bridgehead atoms. The molecule has 3 N–H and O–H groups in total. The maximum atomic E-state index is 12.1. The lowest BCUT2D eigenvalue weighted by molar-refractivity contribution is -0.137. The van der Waals surface area contributed by atoms with Gasteiger partial charge in [0.25, 0.3) is 0 Å². The van der Waals surface area contributed by atoms with Gasteiger partial charge in [-0.25, -0.2) is 4.79 Å². The van der Waals surface area contributed by atoms with Gasteiger partial charge in [-0.2, -0.15) is 0 Å². The van der Waals surface area contributed by atoms with E-state index >= 15 is 0 Å². The normalized spacial score (nSPS) is 22.6. The first kappa shape index (κ1) is 17.8. The highest BCUT2D eigenvalue weighted by Crippen LogP contribution is 2.37. The molecule has 2 amide bonds. The molecule has 1 aliphatic carbocycles. The first-order valence-corrected chi connectivity index (χ1v) is 7.78. The van der Waals surface area contributed by atoms with E-state index in [9.17, 15) is 9.59 Å².